The van der Waals surface area contributed by atoms with E-state index >= 15 is 0 Å². The van der Waals surface area contributed by atoms with Gasteiger partial charge in [0.1, 0.15) is 5.75 Å². The van der Waals surface area contributed by atoms with Crippen LogP contribution >= 0.6 is 15.9 Å². The molecule has 1 aromatic rings. The molecule has 0 saturated carbocycles. The Hall–Kier alpha value is -0.540. The van der Waals surface area contributed by atoms with Gasteiger partial charge in [0, 0.05) is 36.1 Å². The van der Waals surface area contributed by atoms with Gasteiger partial charge in [-0.1, -0.05) is 42.6 Å². The lowest BCUT2D eigenvalue weighted by Crippen LogP contribution is -2.55. The normalized spacial score (nSPS) is 20.0. The average molecular weight is 352 g/mol. The molecule has 0 aliphatic carbocycles. The molecular formula is C18H26BrNO. The van der Waals surface area contributed by atoms with Crippen LogP contribution in [0.15, 0.2) is 16.6 Å². The summed E-state index contributed by atoms with van der Waals surface area (Å²) in [4.78, 5) is 2.59. The molecule has 0 aromatic heterocycles. The van der Waals surface area contributed by atoms with Gasteiger partial charge in [0.05, 0.1) is 6.61 Å². The largest absolute Gasteiger partial charge is 0.493 e. The third kappa shape index (κ3) is 3.14. The zero-order valence-electron chi connectivity index (χ0n) is 13.3. The van der Waals surface area contributed by atoms with E-state index in [1.54, 1.807) is 0 Å². The van der Waals surface area contributed by atoms with E-state index in [1.165, 1.54) is 54.4 Å². The maximum absolute atomic E-state index is 5.85. The molecule has 0 N–H and O–H groups in total. The molecule has 1 saturated heterocycles. The van der Waals surface area contributed by atoms with E-state index in [0.29, 0.717) is 5.41 Å². The van der Waals surface area contributed by atoms with Crippen molar-refractivity contribution in [2.24, 2.45) is 5.41 Å². The van der Waals surface area contributed by atoms with Gasteiger partial charge in [0.2, 0.25) is 0 Å². The molecule has 3 rings (SSSR count). The SMILES string of the molecule is CCCC1(CCC)CN(Cc2cc(Br)cc3c2OCC3)C1. The fourth-order valence-corrected chi connectivity index (χ4v) is 4.77. The molecule has 2 nitrogen and oxygen atoms in total. The van der Waals surface area contributed by atoms with Crippen LogP contribution < -0.4 is 4.74 Å². The maximum Gasteiger partial charge on any atom is 0.127 e. The summed E-state index contributed by atoms with van der Waals surface area (Å²) in [6, 6.07) is 4.45. The Balaban J connectivity index is 1.67. The quantitative estimate of drug-likeness (QED) is 0.730. The van der Waals surface area contributed by atoms with E-state index < -0.39 is 0 Å². The van der Waals surface area contributed by atoms with Crippen molar-refractivity contribution in [2.45, 2.75) is 52.5 Å². The van der Waals surface area contributed by atoms with Crippen molar-refractivity contribution in [2.75, 3.05) is 19.7 Å². The van der Waals surface area contributed by atoms with Crippen LogP contribution in [0.2, 0.25) is 0 Å². The molecule has 1 aromatic carbocycles. The highest BCUT2D eigenvalue weighted by atomic mass is 79.9. The highest BCUT2D eigenvalue weighted by Gasteiger charge is 2.41. The lowest BCUT2D eigenvalue weighted by molar-refractivity contribution is -0.0207. The number of halogens is 1. The van der Waals surface area contributed by atoms with Gasteiger partial charge in [-0.05, 0) is 36.0 Å². The first-order valence-corrected chi connectivity index (χ1v) is 9.11. The fraction of sp³-hybridized carbons (Fsp3) is 0.667. The Morgan fingerprint density at radius 3 is 2.57 bits per heavy atom. The minimum atomic E-state index is 0.597. The second-order valence-corrected chi connectivity index (χ2v) is 7.71. The number of fused-ring (bicyclic) bond motifs is 1. The molecule has 0 unspecified atom stereocenters. The second-order valence-electron chi connectivity index (χ2n) is 6.80. The molecule has 0 amide bonds. The van der Waals surface area contributed by atoms with Gasteiger partial charge in [-0.15, -0.1) is 0 Å². The van der Waals surface area contributed by atoms with E-state index in [1.807, 2.05) is 0 Å². The standard InChI is InChI=1S/C18H26BrNO/c1-3-6-18(7-4-2)12-20(13-18)11-15-10-16(19)9-14-5-8-21-17(14)15/h9-10H,3-8,11-13H2,1-2H3. The van der Waals surface area contributed by atoms with Gasteiger partial charge in [0.15, 0.2) is 0 Å². The molecule has 1 fully saturated rings. The van der Waals surface area contributed by atoms with Gasteiger partial charge in [-0.3, -0.25) is 4.90 Å². The van der Waals surface area contributed by atoms with Crippen molar-refractivity contribution in [1.29, 1.82) is 0 Å². The summed E-state index contributed by atoms with van der Waals surface area (Å²) in [5.41, 5.74) is 3.33. The second kappa shape index (κ2) is 6.29. The molecule has 116 valence electrons. The highest BCUT2D eigenvalue weighted by molar-refractivity contribution is 9.10. The zero-order valence-corrected chi connectivity index (χ0v) is 14.8. The molecule has 2 heterocycles. The molecule has 0 radical (unpaired) electrons. The number of ether oxygens (including phenoxy) is 1. The molecule has 2 aliphatic heterocycles. The lowest BCUT2D eigenvalue weighted by Gasteiger charge is -2.51. The van der Waals surface area contributed by atoms with Crippen LogP contribution in [0.3, 0.4) is 0 Å². The monoisotopic (exact) mass is 351 g/mol. The van der Waals surface area contributed by atoms with Gasteiger partial charge < -0.3 is 4.74 Å². The van der Waals surface area contributed by atoms with Crippen molar-refractivity contribution in [3.8, 4) is 5.75 Å². The summed E-state index contributed by atoms with van der Waals surface area (Å²) < 4.78 is 7.04. The topological polar surface area (TPSA) is 12.5 Å². The predicted octanol–water partition coefficient (Wildman–Crippen LogP) is 4.79. The Morgan fingerprint density at radius 2 is 1.90 bits per heavy atom. The fourth-order valence-electron chi connectivity index (χ4n) is 4.22. The van der Waals surface area contributed by atoms with Gasteiger partial charge >= 0.3 is 0 Å². The number of hydrogen-bond donors (Lipinski definition) is 0. The number of nitrogens with zero attached hydrogens (tertiary/aromatic N) is 1. The van der Waals surface area contributed by atoms with Crippen LogP contribution in [0, 0.1) is 5.41 Å². The Labute approximate surface area is 137 Å². The number of rotatable bonds is 6. The summed E-state index contributed by atoms with van der Waals surface area (Å²) in [7, 11) is 0. The van der Waals surface area contributed by atoms with Crippen molar-refractivity contribution >= 4 is 15.9 Å². The summed E-state index contributed by atoms with van der Waals surface area (Å²) in [6.45, 7) is 9.03. The van der Waals surface area contributed by atoms with Crippen molar-refractivity contribution < 1.29 is 4.74 Å². The van der Waals surface area contributed by atoms with Crippen LogP contribution in [-0.2, 0) is 13.0 Å². The van der Waals surface area contributed by atoms with E-state index in [0.717, 1.165) is 25.3 Å². The number of likely N-dealkylation sites (tertiary alicyclic amines) is 1. The Morgan fingerprint density at radius 1 is 1.19 bits per heavy atom. The zero-order chi connectivity index (χ0) is 14.9. The first-order chi connectivity index (χ1) is 10.2. The Kier molecular flexibility index (Phi) is 4.60. The van der Waals surface area contributed by atoms with Crippen molar-refractivity contribution in [1.82, 2.24) is 4.90 Å². The van der Waals surface area contributed by atoms with Crippen LogP contribution in [-0.4, -0.2) is 24.6 Å². The Bertz CT molecular complexity index is 500. The van der Waals surface area contributed by atoms with Crippen LogP contribution in [0.25, 0.3) is 0 Å². The predicted molar refractivity (Wildman–Crippen MR) is 90.9 cm³/mol. The maximum atomic E-state index is 5.85. The van der Waals surface area contributed by atoms with Gasteiger partial charge in [0.25, 0.3) is 0 Å². The number of benzene rings is 1. The molecule has 0 bridgehead atoms. The van der Waals surface area contributed by atoms with Crippen LogP contribution in [0.5, 0.6) is 5.75 Å². The van der Waals surface area contributed by atoms with Gasteiger partial charge in [-0.25, -0.2) is 0 Å². The molecule has 2 aliphatic rings. The molecule has 0 atom stereocenters. The lowest BCUT2D eigenvalue weighted by atomic mass is 9.72. The van der Waals surface area contributed by atoms with Crippen LogP contribution in [0.4, 0.5) is 0 Å². The molecular weight excluding hydrogens is 326 g/mol. The highest BCUT2D eigenvalue weighted by Crippen LogP contribution is 2.42. The van der Waals surface area contributed by atoms with E-state index in [4.69, 9.17) is 4.74 Å². The molecule has 0 spiro atoms. The van der Waals surface area contributed by atoms with E-state index in [9.17, 15) is 0 Å². The molecule has 21 heavy (non-hydrogen) atoms. The summed E-state index contributed by atoms with van der Waals surface area (Å²) >= 11 is 3.64. The first kappa shape index (κ1) is 15.4. The minimum absolute atomic E-state index is 0.597. The van der Waals surface area contributed by atoms with Gasteiger partial charge in [-0.2, -0.15) is 0 Å². The third-order valence-corrected chi connectivity index (χ3v) is 5.36. The van der Waals surface area contributed by atoms with Crippen molar-refractivity contribution in [3.63, 3.8) is 0 Å². The van der Waals surface area contributed by atoms with Crippen LogP contribution in [0.1, 0.15) is 50.7 Å². The first-order valence-electron chi connectivity index (χ1n) is 8.32. The average Bonchev–Trinajstić information content (AvgIpc) is 2.85. The summed E-state index contributed by atoms with van der Waals surface area (Å²) in [6.07, 6.45) is 6.43. The number of hydrogen-bond acceptors (Lipinski definition) is 2. The summed E-state index contributed by atoms with van der Waals surface area (Å²) in [5, 5.41) is 0. The third-order valence-electron chi connectivity index (χ3n) is 4.90. The minimum Gasteiger partial charge on any atom is -0.493 e. The molecule has 3 heteroatoms. The smallest absolute Gasteiger partial charge is 0.127 e. The summed E-state index contributed by atoms with van der Waals surface area (Å²) in [5.74, 6) is 1.15. The van der Waals surface area contributed by atoms with E-state index in [2.05, 4.69) is 46.8 Å². The van der Waals surface area contributed by atoms with E-state index in [-0.39, 0.29) is 0 Å². The van der Waals surface area contributed by atoms with Crippen molar-refractivity contribution in [3.05, 3.63) is 27.7 Å².